The Bertz CT molecular complexity index is 302. The molecule has 0 fully saturated rings. The minimum absolute atomic E-state index is 0.111. The summed E-state index contributed by atoms with van der Waals surface area (Å²) in [6.07, 6.45) is 4.03. The minimum atomic E-state index is -0.111. The fraction of sp³-hybridized carbons (Fsp3) is 0.500. The molecule has 1 aromatic rings. The van der Waals surface area contributed by atoms with Crippen LogP contribution in [0.25, 0.3) is 0 Å². The average molecular weight is 194 g/mol. The molecule has 1 atom stereocenters. The van der Waals surface area contributed by atoms with Crippen molar-refractivity contribution in [1.29, 1.82) is 0 Å². The van der Waals surface area contributed by atoms with Crippen molar-refractivity contribution in [3.05, 3.63) is 23.8 Å². The maximum Gasteiger partial charge on any atom is 0.168 e. The standard InChI is InChI=1S/C10H14N2O2/c1-3-4-9(14-2)10-11-6-5-8(7-13)12-10/h5-7,9H,3-4H2,1-2H3. The van der Waals surface area contributed by atoms with E-state index in [0.29, 0.717) is 17.8 Å². The zero-order valence-corrected chi connectivity index (χ0v) is 8.43. The first-order valence-electron chi connectivity index (χ1n) is 4.62. The van der Waals surface area contributed by atoms with E-state index in [9.17, 15) is 4.79 Å². The molecular weight excluding hydrogens is 180 g/mol. The highest BCUT2D eigenvalue weighted by atomic mass is 16.5. The van der Waals surface area contributed by atoms with Crippen molar-refractivity contribution in [2.45, 2.75) is 25.9 Å². The Hall–Kier alpha value is -1.29. The van der Waals surface area contributed by atoms with Gasteiger partial charge in [-0.2, -0.15) is 0 Å². The number of ether oxygens (including phenoxy) is 1. The largest absolute Gasteiger partial charge is 0.373 e. The van der Waals surface area contributed by atoms with Gasteiger partial charge < -0.3 is 4.74 Å². The molecule has 14 heavy (non-hydrogen) atoms. The predicted octanol–water partition coefficient (Wildman–Crippen LogP) is 1.78. The molecule has 0 aliphatic carbocycles. The molecule has 0 bridgehead atoms. The molecule has 0 radical (unpaired) electrons. The molecule has 1 heterocycles. The second kappa shape index (κ2) is 5.44. The first-order chi connectivity index (χ1) is 6.81. The van der Waals surface area contributed by atoms with Crippen LogP contribution in [0.1, 0.15) is 42.2 Å². The molecule has 0 aliphatic heterocycles. The number of methoxy groups -OCH3 is 1. The van der Waals surface area contributed by atoms with E-state index < -0.39 is 0 Å². The van der Waals surface area contributed by atoms with Crippen LogP contribution < -0.4 is 0 Å². The van der Waals surface area contributed by atoms with Crippen molar-refractivity contribution in [1.82, 2.24) is 9.97 Å². The Labute approximate surface area is 83.3 Å². The monoisotopic (exact) mass is 194 g/mol. The zero-order chi connectivity index (χ0) is 10.4. The zero-order valence-electron chi connectivity index (χ0n) is 8.43. The van der Waals surface area contributed by atoms with Gasteiger partial charge in [0, 0.05) is 13.3 Å². The van der Waals surface area contributed by atoms with Gasteiger partial charge in [-0.3, -0.25) is 4.79 Å². The second-order valence-electron chi connectivity index (χ2n) is 2.97. The summed E-state index contributed by atoms with van der Waals surface area (Å²) in [5.74, 6) is 0.582. The lowest BCUT2D eigenvalue weighted by Crippen LogP contribution is -2.07. The Morgan fingerprint density at radius 2 is 2.43 bits per heavy atom. The number of hydrogen-bond donors (Lipinski definition) is 0. The molecule has 0 spiro atoms. The summed E-state index contributed by atoms with van der Waals surface area (Å²) in [7, 11) is 1.62. The lowest BCUT2D eigenvalue weighted by atomic mass is 10.2. The van der Waals surface area contributed by atoms with E-state index in [1.54, 1.807) is 19.4 Å². The minimum Gasteiger partial charge on any atom is -0.373 e. The molecule has 76 valence electrons. The maximum absolute atomic E-state index is 10.5. The number of hydrogen-bond acceptors (Lipinski definition) is 4. The van der Waals surface area contributed by atoms with Crippen LogP contribution >= 0.6 is 0 Å². The summed E-state index contributed by atoms with van der Waals surface area (Å²) >= 11 is 0. The number of aromatic nitrogens is 2. The van der Waals surface area contributed by atoms with Gasteiger partial charge in [-0.05, 0) is 12.5 Å². The molecule has 1 unspecified atom stereocenters. The molecule has 0 aliphatic rings. The Kier molecular flexibility index (Phi) is 4.19. The molecule has 0 aromatic carbocycles. The van der Waals surface area contributed by atoms with Crippen molar-refractivity contribution in [3.63, 3.8) is 0 Å². The topological polar surface area (TPSA) is 52.1 Å². The number of carbonyl (C=O) groups excluding carboxylic acids is 1. The van der Waals surface area contributed by atoms with Crippen molar-refractivity contribution in [2.24, 2.45) is 0 Å². The van der Waals surface area contributed by atoms with Gasteiger partial charge in [0.2, 0.25) is 0 Å². The Morgan fingerprint density at radius 3 is 3.00 bits per heavy atom. The quantitative estimate of drug-likeness (QED) is 0.670. The molecule has 0 saturated carbocycles. The molecule has 0 N–H and O–H groups in total. The van der Waals surface area contributed by atoms with Crippen molar-refractivity contribution < 1.29 is 9.53 Å². The van der Waals surface area contributed by atoms with E-state index in [0.717, 1.165) is 12.8 Å². The van der Waals surface area contributed by atoms with Crippen molar-refractivity contribution in [3.8, 4) is 0 Å². The van der Waals surface area contributed by atoms with Gasteiger partial charge in [0.15, 0.2) is 12.1 Å². The Balaban J connectivity index is 2.86. The summed E-state index contributed by atoms with van der Waals surface area (Å²) in [5.41, 5.74) is 0.396. The molecule has 4 heteroatoms. The number of aldehydes is 1. The average Bonchev–Trinajstić information content (AvgIpc) is 2.26. The predicted molar refractivity (Wildman–Crippen MR) is 52.1 cm³/mol. The SMILES string of the molecule is CCCC(OC)c1nccc(C=O)n1. The third kappa shape index (κ3) is 2.60. The molecule has 0 saturated heterocycles. The maximum atomic E-state index is 10.5. The molecule has 0 amide bonds. The molecule has 1 rings (SSSR count). The molecule has 4 nitrogen and oxygen atoms in total. The van der Waals surface area contributed by atoms with Gasteiger partial charge in [-0.1, -0.05) is 13.3 Å². The number of rotatable bonds is 5. The highest BCUT2D eigenvalue weighted by Crippen LogP contribution is 2.17. The Morgan fingerprint density at radius 1 is 1.64 bits per heavy atom. The van der Waals surface area contributed by atoms with E-state index in [2.05, 4.69) is 16.9 Å². The summed E-state index contributed by atoms with van der Waals surface area (Å²) in [5, 5.41) is 0. The van der Waals surface area contributed by atoms with Crippen LogP contribution in [0.15, 0.2) is 12.3 Å². The smallest absolute Gasteiger partial charge is 0.168 e. The lowest BCUT2D eigenvalue weighted by Gasteiger charge is -2.12. The van der Waals surface area contributed by atoms with Crippen LogP contribution in [0.5, 0.6) is 0 Å². The molecular formula is C10H14N2O2. The normalized spacial score (nSPS) is 12.4. The number of nitrogens with zero attached hydrogens (tertiary/aromatic N) is 2. The first kappa shape index (κ1) is 10.8. The van der Waals surface area contributed by atoms with Crippen molar-refractivity contribution >= 4 is 6.29 Å². The van der Waals surface area contributed by atoms with Gasteiger partial charge in [-0.15, -0.1) is 0 Å². The van der Waals surface area contributed by atoms with E-state index in [1.165, 1.54) is 0 Å². The fourth-order valence-electron chi connectivity index (χ4n) is 1.22. The summed E-state index contributed by atoms with van der Waals surface area (Å²) < 4.78 is 5.24. The highest BCUT2D eigenvalue weighted by Gasteiger charge is 2.12. The summed E-state index contributed by atoms with van der Waals surface area (Å²) in [6, 6.07) is 1.58. The van der Waals surface area contributed by atoms with Crippen molar-refractivity contribution in [2.75, 3.05) is 7.11 Å². The number of carbonyl (C=O) groups is 1. The van der Waals surface area contributed by atoms with Crippen LogP contribution in [0.4, 0.5) is 0 Å². The van der Waals surface area contributed by atoms with Gasteiger partial charge >= 0.3 is 0 Å². The third-order valence-electron chi connectivity index (χ3n) is 1.94. The third-order valence-corrected chi connectivity index (χ3v) is 1.94. The van der Waals surface area contributed by atoms with Gasteiger partial charge in [0.25, 0.3) is 0 Å². The van der Waals surface area contributed by atoms with E-state index in [1.807, 2.05) is 0 Å². The summed E-state index contributed by atoms with van der Waals surface area (Å²) in [6.45, 7) is 2.07. The van der Waals surface area contributed by atoms with E-state index in [-0.39, 0.29) is 6.10 Å². The highest BCUT2D eigenvalue weighted by molar-refractivity contribution is 5.71. The molecule has 1 aromatic heterocycles. The second-order valence-corrected chi connectivity index (χ2v) is 2.97. The van der Waals surface area contributed by atoms with Crippen LogP contribution in [-0.4, -0.2) is 23.4 Å². The van der Waals surface area contributed by atoms with Crippen LogP contribution in [0.3, 0.4) is 0 Å². The van der Waals surface area contributed by atoms with Crippen LogP contribution in [0, 0.1) is 0 Å². The fourth-order valence-corrected chi connectivity index (χ4v) is 1.22. The van der Waals surface area contributed by atoms with Crippen LogP contribution in [-0.2, 0) is 4.74 Å². The lowest BCUT2D eigenvalue weighted by molar-refractivity contribution is 0.0872. The van der Waals surface area contributed by atoms with E-state index >= 15 is 0 Å². The van der Waals surface area contributed by atoms with Crippen LogP contribution in [0.2, 0.25) is 0 Å². The van der Waals surface area contributed by atoms with E-state index in [4.69, 9.17) is 4.74 Å². The van der Waals surface area contributed by atoms with Gasteiger partial charge in [-0.25, -0.2) is 9.97 Å². The first-order valence-corrected chi connectivity index (χ1v) is 4.62. The van der Waals surface area contributed by atoms with Gasteiger partial charge in [0.05, 0.1) is 0 Å². The van der Waals surface area contributed by atoms with Gasteiger partial charge in [0.1, 0.15) is 11.8 Å². The summed E-state index contributed by atoms with van der Waals surface area (Å²) in [4.78, 5) is 18.7.